The van der Waals surface area contributed by atoms with Gasteiger partial charge in [-0.1, -0.05) is 98.8 Å². The summed E-state index contributed by atoms with van der Waals surface area (Å²) in [7, 11) is 0. The molecule has 186 valence electrons. The van der Waals surface area contributed by atoms with Crippen molar-refractivity contribution in [2.75, 3.05) is 0 Å². The third kappa shape index (κ3) is 3.30. The van der Waals surface area contributed by atoms with E-state index in [1.165, 1.54) is 49.1 Å². The normalized spacial score (nSPS) is 13.6. The zero-order valence-electron chi connectivity index (χ0n) is 21.8. The number of hydrogen-bond donors (Lipinski definition) is 0. The highest BCUT2D eigenvalue weighted by Crippen LogP contribution is 2.49. The Labute approximate surface area is 231 Å². The summed E-state index contributed by atoms with van der Waals surface area (Å²) < 4.78 is 2.48. The van der Waals surface area contributed by atoms with Crippen LogP contribution in [-0.4, -0.2) is 9.55 Å². The van der Waals surface area contributed by atoms with Crippen LogP contribution in [0.5, 0.6) is 0 Å². The Bertz CT molecular complexity index is 1970. The van der Waals surface area contributed by atoms with Crippen molar-refractivity contribution in [2.24, 2.45) is 0 Å². The molecule has 39 heavy (non-hydrogen) atoms. The van der Waals surface area contributed by atoms with Crippen LogP contribution in [0.1, 0.15) is 24.3 Å². The van der Waals surface area contributed by atoms with Gasteiger partial charge in [-0.2, -0.15) is 0 Å². The van der Waals surface area contributed by atoms with Crippen LogP contribution < -0.4 is 0 Å². The first-order valence-electron chi connectivity index (χ1n) is 13.4. The lowest BCUT2D eigenvalue weighted by atomic mass is 9.79. The maximum absolute atomic E-state index is 5.08. The van der Waals surface area contributed by atoms with Crippen LogP contribution in [-0.2, 0) is 5.41 Å². The number of nitrogens with zero attached hydrogens (tertiary/aromatic N) is 2. The van der Waals surface area contributed by atoms with E-state index in [9.17, 15) is 0 Å². The summed E-state index contributed by atoms with van der Waals surface area (Å²) >= 11 is 1.86. The van der Waals surface area contributed by atoms with Crippen LogP contribution in [0.25, 0.3) is 61.1 Å². The Kier molecular flexibility index (Phi) is 4.77. The highest BCUT2D eigenvalue weighted by atomic mass is 32.1. The third-order valence-corrected chi connectivity index (χ3v) is 9.44. The fraction of sp³-hybridized carbons (Fsp3) is 0.0833. The molecule has 0 unspecified atom stereocenters. The molecule has 0 atom stereocenters. The summed E-state index contributed by atoms with van der Waals surface area (Å²) in [5.74, 6) is 0. The monoisotopic (exact) mass is 518 g/mol. The smallest absolute Gasteiger partial charge is 0.0715 e. The largest absolute Gasteiger partial charge is 0.308 e. The number of fused-ring (bicyclic) bond motifs is 5. The predicted molar refractivity (Wildman–Crippen MR) is 165 cm³/mol. The molecule has 2 nitrogen and oxygen atoms in total. The molecule has 0 saturated carbocycles. The van der Waals surface area contributed by atoms with E-state index in [0.29, 0.717) is 0 Å². The Morgan fingerprint density at radius 2 is 1.31 bits per heavy atom. The molecule has 7 aromatic rings. The van der Waals surface area contributed by atoms with Crippen molar-refractivity contribution in [3.8, 4) is 39.3 Å². The molecule has 0 aliphatic carbocycles. The minimum absolute atomic E-state index is 0.0174. The fourth-order valence-corrected chi connectivity index (χ4v) is 7.30. The summed E-state index contributed by atoms with van der Waals surface area (Å²) in [6.45, 7) is 4.72. The van der Waals surface area contributed by atoms with Gasteiger partial charge in [-0.15, -0.1) is 11.3 Å². The van der Waals surface area contributed by atoms with Crippen molar-refractivity contribution < 1.29 is 0 Å². The van der Waals surface area contributed by atoms with Crippen molar-refractivity contribution in [3.63, 3.8) is 0 Å². The second-order valence-electron chi connectivity index (χ2n) is 10.9. The molecule has 3 heteroatoms. The van der Waals surface area contributed by atoms with Crippen LogP contribution in [0, 0.1) is 0 Å². The number of hydrogen-bond acceptors (Lipinski definition) is 2. The van der Waals surface area contributed by atoms with Crippen molar-refractivity contribution >= 4 is 33.1 Å². The summed E-state index contributed by atoms with van der Waals surface area (Å²) in [6.07, 6.45) is 0. The van der Waals surface area contributed by atoms with Crippen LogP contribution in [0.3, 0.4) is 0 Å². The maximum Gasteiger partial charge on any atom is 0.0715 e. The molecule has 3 aromatic heterocycles. The molecule has 1 aliphatic heterocycles. The molecule has 1 aliphatic rings. The van der Waals surface area contributed by atoms with Gasteiger partial charge in [0.15, 0.2) is 0 Å². The maximum atomic E-state index is 5.08. The van der Waals surface area contributed by atoms with Crippen molar-refractivity contribution in [1.29, 1.82) is 0 Å². The Morgan fingerprint density at radius 3 is 2.00 bits per heavy atom. The first kappa shape index (κ1) is 22.5. The lowest BCUT2D eigenvalue weighted by Crippen LogP contribution is -2.24. The standard InChI is InChI=1S/C36H26N2S/c1-36(2)29-15-9-14-27-28-20-25(16-17-32(28)38(34(27)29)33-18-19-39-35(33)36)26-21-30(23-10-5-3-6-11-23)37-31(22-26)24-12-7-4-8-13-24/h3-22H,1-2H3. The summed E-state index contributed by atoms with van der Waals surface area (Å²) in [4.78, 5) is 6.51. The lowest BCUT2D eigenvalue weighted by Gasteiger charge is -2.32. The molecular weight excluding hydrogens is 492 g/mol. The first-order valence-corrected chi connectivity index (χ1v) is 14.3. The average molecular weight is 519 g/mol. The Morgan fingerprint density at radius 1 is 0.615 bits per heavy atom. The van der Waals surface area contributed by atoms with E-state index in [1.807, 2.05) is 11.3 Å². The minimum atomic E-state index is -0.0174. The van der Waals surface area contributed by atoms with Crippen molar-refractivity contribution in [3.05, 3.63) is 131 Å². The van der Waals surface area contributed by atoms with Gasteiger partial charge in [-0.25, -0.2) is 4.98 Å². The van der Waals surface area contributed by atoms with E-state index in [-0.39, 0.29) is 5.41 Å². The molecule has 0 saturated heterocycles. The second kappa shape index (κ2) is 8.26. The third-order valence-electron chi connectivity index (χ3n) is 8.21. The molecule has 0 bridgehead atoms. The molecule has 0 radical (unpaired) electrons. The van der Waals surface area contributed by atoms with Crippen LogP contribution in [0.2, 0.25) is 0 Å². The highest BCUT2D eigenvalue weighted by molar-refractivity contribution is 7.10. The van der Waals surface area contributed by atoms with E-state index >= 15 is 0 Å². The van der Waals surface area contributed by atoms with Gasteiger partial charge in [0.25, 0.3) is 0 Å². The number of para-hydroxylation sites is 1. The van der Waals surface area contributed by atoms with Gasteiger partial charge >= 0.3 is 0 Å². The summed E-state index contributed by atoms with van der Waals surface area (Å²) in [6, 6.07) is 41.4. The van der Waals surface area contributed by atoms with Gasteiger partial charge in [-0.3, -0.25) is 0 Å². The quantitative estimate of drug-likeness (QED) is 0.228. The highest BCUT2D eigenvalue weighted by Gasteiger charge is 2.36. The molecule has 0 fully saturated rings. The molecule has 0 spiro atoms. The van der Waals surface area contributed by atoms with Crippen LogP contribution >= 0.6 is 11.3 Å². The predicted octanol–water partition coefficient (Wildman–Crippen LogP) is 9.88. The van der Waals surface area contributed by atoms with E-state index in [2.05, 4.69) is 139 Å². The number of pyridine rings is 1. The fourth-order valence-electron chi connectivity index (χ4n) is 6.28. The number of thiophene rings is 1. The SMILES string of the molecule is CC1(C)c2sccc2-n2c3ccc(-c4cc(-c5ccccc5)nc(-c5ccccc5)c4)cc3c3cccc1c32. The van der Waals surface area contributed by atoms with Crippen molar-refractivity contribution in [1.82, 2.24) is 9.55 Å². The zero-order chi connectivity index (χ0) is 26.1. The molecular formula is C36H26N2S. The minimum Gasteiger partial charge on any atom is -0.308 e. The molecule has 8 rings (SSSR count). The van der Waals surface area contributed by atoms with E-state index in [4.69, 9.17) is 4.98 Å². The van der Waals surface area contributed by atoms with Crippen LogP contribution in [0.4, 0.5) is 0 Å². The van der Waals surface area contributed by atoms with Gasteiger partial charge in [0.1, 0.15) is 0 Å². The molecule has 4 aromatic carbocycles. The summed E-state index contributed by atoms with van der Waals surface area (Å²) in [5, 5.41) is 4.84. The topological polar surface area (TPSA) is 17.8 Å². The molecule has 4 heterocycles. The Balaban J connectivity index is 1.39. The summed E-state index contributed by atoms with van der Waals surface area (Å²) in [5.41, 5.74) is 11.9. The first-order chi connectivity index (χ1) is 19.1. The lowest BCUT2D eigenvalue weighted by molar-refractivity contribution is 0.646. The van der Waals surface area contributed by atoms with Gasteiger partial charge in [-0.05, 0) is 52.4 Å². The number of benzene rings is 4. The van der Waals surface area contributed by atoms with Crippen LogP contribution in [0.15, 0.2) is 121 Å². The van der Waals surface area contributed by atoms with Gasteiger partial charge in [0, 0.05) is 32.2 Å². The zero-order valence-corrected chi connectivity index (χ0v) is 22.7. The molecule has 0 N–H and O–H groups in total. The van der Waals surface area contributed by atoms with Gasteiger partial charge in [0.2, 0.25) is 0 Å². The molecule has 0 amide bonds. The van der Waals surface area contributed by atoms with E-state index in [0.717, 1.165) is 22.5 Å². The number of aromatic nitrogens is 2. The van der Waals surface area contributed by atoms with Gasteiger partial charge < -0.3 is 4.57 Å². The van der Waals surface area contributed by atoms with E-state index < -0.39 is 0 Å². The van der Waals surface area contributed by atoms with E-state index in [1.54, 1.807) is 0 Å². The Hall–Kier alpha value is -4.47. The van der Waals surface area contributed by atoms with Crippen molar-refractivity contribution in [2.45, 2.75) is 19.3 Å². The second-order valence-corrected chi connectivity index (χ2v) is 11.8. The number of rotatable bonds is 3. The average Bonchev–Trinajstić information content (AvgIpc) is 3.61. The van der Waals surface area contributed by atoms with Gasteiger partial charge in [0.05, 0.1) is 28.1 Å².